The molecule has 0 spiro atoms. The molecule has 0 unspecified atom stereocenters. The minimum Gasteiger partial charge on any atom is -0.491 e. The topological polar surface area (TPSA) is 21.3 Å². The number of hydrogen-bond donors (Lipinski definition) is 1. The summed E-state index contributed by atoms with van der Waals surface area (Å²) in [5, 5.41) is 3.43. The van der Waals surface area contributed by atoms with Crippen molar-refractivity contribution in [2.45, 2.75) is 33.4 Å². The van der Waals surface area contributed by atoms with E-state index in [1.165, 1.54) is 6.07 Å². The van der Waals surface area contributed by atoms with Crippen molar-refractivity contribution in [2.24, 2.45) is 0 Å². The van der Waals surface area contributed by atoms with Gasteiger partial charge in [-0.2, -0.15) is 0 Å². The number of hydrogen-bond acceptors (Lipinski definition) is 2. The van der Waals surface area contributed by atoms with Gasteiger partial charge in [-0.3, -0.25) is 0 Å². The van der Waals surface area contributed by atoms with Gasteiger partial charge in [0.15, 0.2) is 0 Å². The summed E-state index contributed by atoms with van der Waals surface area (Å²) >= 11 is 5.67. The normalized spacial score (nSPS) is 10.8. The van der Waals surface area contributed by atoms with Crippen LogP contribution in [-0.2, 0) is 6.54 Å². The molecule has 1 N–H and O–H groups in total. The molecule has 0 aliphatic rings. The molecule has 2 rings (SSSR count). The maximum Gasteiger partial charge on any atom is 0.142 e. The van der Waals surface area contributed by atoms with Crippen molar-refractivity contribution in [3.8, 4) is 5.75 Å². The molecule has 0 atom stereocenters. The van der Waals surface area contributed by atoms with Crippen LogP contribution in [0.4, 0.5) is 10.1 Å². The SMILES string of the molecule is Cc1cc(OC(C)C)ccc1NCc1ccc(Cl)c(F)c1. The third-order valence-corrected chi connectivity index (χ3v) is 3.34. The van der Waals surface area contributed by atoms with Crippen molar-refractivity contribution in [1.29, 1.82) is 0 Å². The summed E-state index contributed by atoms with van der Waals surface area (Å²) < 4.78 is 19.0. The molecule has 21 heavy (non-hydrogen) atoms. The Morgan fingerprint density at radius 1 is 1.19 bits per heavy atom. The third kappa shape index (κ3) is 4.36. The lowest BCUT2D eigenvalue weighted by Crippen LogP contribution is -2.06. The number of halogens is 2. The molecular weight excluding hydrogens is 289 g/mol. The van der Waals surface area contributed by atoms with Crippen molar-refractivity contribution in [1.82, 2.24) is 0 Å². The lowest BCUT2D eigenvalue weighted by atomic mass is 10.1. The zero-order valence-corrected chi connectivity index (χ0v) is 13.2. The molecule has 2 aromatic rings. The van der Waals surface area contributed by atoms with Crippen molar-refractivity contribution in [3.63, 3.8) is 0 Å². The van der Waals surface area contributed by atoms with Crippen LogP contribution in [0.5, 0.6) is 5.75 Å². The fraction of sp³-hybridized carbons (Fsp3) is 0.294. The first-order valence-corrected chi connectivity index (χ1v) is 7.28. The highest BCUT2D eigenvalue weighted by atomic mass is 35.5. The molecule has 0 saturated carbocycles. The molecule has 0 aliphatic heterocycles. The van der Waals surface area contributed by atoms with Gasteiger partial charge in [0.1, 0.15) is 11.6 Å². The van der Waals surface area contributed by atoms with E-state index in [-0.39, 0.29) is 11.1 Å². The fourth-order valence-electron chi connectivity index (χ4n) is 2.03. The fourth-order valence-corrected chi connectivity index (χ4v) is 2.14. The quantitative estimate of drug-likeness (QED) is 0.821. The van der Waals surface area contributed by atoms with Crippen molar-refractivity contribution >= 4 is 17.3 Å². The lowest BCUT2D eigenvalue weighted by molar-refractivity contribution is 0.242. The van der Waals surface area contributed by atoms with Gasteiger partial charge >= 0.3 is 0 Å². The van der Waals surface area contributed by atoms with E-state index in [4.69, 9.17) is 16.3 Å². The number of benzene rings is 2. The number of nitrogens with one attached hydrogen (secondary N) is 1. The van der Waals surface area contributed by atoms with E-state index in [0.717, 1.165) is 22.6 Å². The summed E-state index contributed by atoms with van der Waals surface area (Å²) in [6.45, 7) is 6.55. The molecule has 2 nitrogen and oxygen atoms in total. The Bertz CT molecular complexity index is 628. The highest BCUT2D eigenvalue weighted by Gasteiger charge is 2.04. The number of aryl methyl sites for hydroxylation is 1. The average Bonchev–Trinajstić information content (AvgIpc) is 2.41. The van der Waals surface area contributed by atoms with E-state index < -0.39 is 5.82 Å². The van der Waals surface area contributed by atoms with Crippen LogP contribution in [0.3, 0.4) is 0 Å². The first-order chi connectivity index (χ1) is 9.95. The van der Waals surface area contributed by atoms with Crippen molar-refractivity contribution in [2.75, 3.05) is 5.32 Å². The van der Waals surface area contributed by atoms with Gasteiger partial charge in [0.05, 0.1) is 11.1 Å². The summed E-state index contributed by atoms with van der Waals surface area (Å²) in [7, 11) is 0. The molecule has 0 bridgehead atoms. The van der Waals surface area contributed by atoms with Crippen LogP contribution < -0.4 is 10.1 Å². The molecule has 0 fully saturated rings. The minimum atomic E-state index is -0.395. The first-order valence-electron chi connectivity index (χ1n) is 6.91. The van der Waals surface area contributed by atoms with E-state index in [9.17, 15) is 4.39 Å². The second kappa shape index (κ2) is 6.81. The van der Waals surface area contributed by atoms with E-state index in [1.54, 1.807) is 6.07 Å². The second-order valence-electron chi connectivity index (χ2n) is 5.25. The van der Waals surface area contributed by atoms with Crippen LogP contribution in [0.2, 0.25) is 5.02 Å². The summed E-state index contributed by atoms with van der Waals surface area (Å²) in [6.07, 6.45) is 0.153. The Kier molecular flexibility index (Phi) is 5.07. The zero-order valence-electron chi connectivity index (χ0n) is 12.4. The molecule has 0 aromatic heterocycles. The van der Waals surface area contributed by atoms with Gasteiger partial charge in [-0.05, 0) is 62.2 Å². The van der Waals surface area contributed by atoms with Crippen LogP contribution in [0, 0.1) is 12.7 Å². The molecule has 4 heteroatoms. The predicted octanol–water partition coefficient (Wildman–Crippen LogP) is 5.19. The Balaban J connectivity index is 2.04. The van der Waals surface area contributed by atoms with Crippen molar-refractivity contribution < 1.29 is 9.13 Å². The maximum atomic E-state index is 13.4. The van der Waals surface area contributed by atoms with E-state index in [2.05, 4.69) is 5.32 Å². The Morgan fingerprint density at radius 2 is 1.95 bits per heavy atom. The Hall–Kier alpha value is -1.74. The van der Waals surface area contributed by atoms with Gasteiger partial charge in [-0.15, -0.1) is 0 Å². The van der Waals surface area contributed by atoms with Gasteiger partial charge < -0.3 is 10.1 Å². The van der Waals surface area contributed by atoms with Gasteiger partial charge in [-0.25, -0.2) is 4.39 Å². The Morgan fingerprint density at radius 3 is 2.57 bits per heavy atom. The van der Waals surface area contributed by atoms with Crippen LogP contribution in [0.1, 0.15) is 25.0 Å². The lowest BCUT2D eigenvalue weighted by Gasteiger charge is -2.14. The summed E-state index contributed by atoms with van der Waals surface area (Å²) in [5.41, 5.74) is 2.93. The first kappa shape index (κ1) is 15.6. The van der Waals surface area contributed by atoms with Crippen molar-refractivity contribution in [3.05, 3.63) is 58.4 Å². The summed E-state index contributed by atoms with van der Waals surface area (Å²) in [4.78, 5) is 0. The molecule has 0 heterocycles. The monoisotopic (exact) mass is 307 g/mol. The molecule has 0 aliphatic carbocycles. The minimum absolute atomic E-state index is 0.144. The summed E-state index contributed by atoms with van der Waals surface area (Å²) in [5.74, 6) is 0.457. The van der Waals surface area contributed by atoms with Crippen LogP contribution in [-0.4, -0.2) is 6.10 Å². The largest absolute Gasteiger partial charge is 0.491 e. The van der Waals surface area contributed by atoms with Crippen LogP contribution >= 0.6 is 11.6 Å². The highest BCUT2D eigenvalue weighted by Crippen LogP contribution is 2.23. The second-order valence-corrected chi connectivity index (χ2v) is 5.65. The van der Waals surface area contributed by atoms with E-state index >= 15 is 0 Å². The molecule has 0 amide bonds. The number of rotatable bonds is 5. The molecular formula is C17H19ClFNO. The predicted molar refractivity (Wildman–Crippen MR) is 85.7 cm³/mol. The molecule has 2 aromatic carbocycles. The number of anilines is 1. The average molecular weight is 308 g/mol. The maximum absolute atomic E-state index is 13.4. The van der Waals surface area contributed by atoms with E-state index in [1.807, 2.05) is 45.0 Å². The van der Waals surface area contributed by atoms with E-state index in [0.29, 0.717) is 6.54 Å². The van der Waals surface area contributed by atoms with Gasteiger partial charge in [0.2, 0.25) is 0 Å². The molecule has 0 radical (unpaired) electrons. The van der Waals surface area contributed by atoms with Crippen LogP contribution in [0.15, 0.2) is 36.4 Å². The molecule has 112 valence electrons. The van der Waals surface area contributed by atoms with Gasteiger partial charge in [0, 0.05) is 12.2 Å². The van der Waals surface area contributed by atoms with Gasteiger partial charge in [0.25, 0.3) is 0 Å². The smallest absolute Gasteiger partial charge is 0.142 e. The Labute approximate surface area is 129 Å². The summed E-state index contributed by atoms with van der Waals surface area (Å²) in [6, 6.07) is 10.7. The zero-order chi connectivity index (χ0) is 15.4. The standard InChI is InChI=1S/C17H19ClFNO/c1-11(2)21-14-5-7-17(12(3)8-14)20-10-13-4-6-15(18)16(19)9-13/h4-9,11,20H,10H2,1-3H3. The highest BCUT2D eigenvalue weighted by molar-refractivity contribution is 6.30. The van der Waals surface area contributed by atoms with Gasteiger partial charge in [-0.1, -0.05) is 17.7 Å². The third-order valence-electron chi connectivity index (χ3n) is 3.04. The van der Waals surface area contributed by atoms with Crippen LogP contribution in [0.25, 0.3) is 0 Å². The molecule has 0 saturated heterocycles. The number of ether oxygens (including phenoxy) is 1.